The van der Waals surface area contributed by atoms with Crippen LogP contribution in [-0.2, 0) is 10.3 Å². The number of ether oxygens (including phenoxy) is 1. The molecule has 0 spiro atoms. The predicted octanol–water partition coefficient (Wildman–Crippen LogP) is 5.49. The lowest BCUT2D eigenvalue weighted by Crippen LogP contribution is -2.46. The van der Waals surface area contributed by atoms with Crippen molar-refractivity contribution in [2.75, 3.05) is 11.4 Å². The average Bonchev–Trinajstić information content (AvgIpc) is 2.74. The molecule has 28 heavy (non-hydrogen) atoms. The zero-order chi connectivity index (χ0) is 19.6. The number of cyclic esters (lactones) is 1. The van der Waals surface area contributed by atoms with E-state index in [-0.39, 0.29) is 6.09 Å². The molecule has 1 amide bonds. The van der Waals surface area contributed by atoms with Gasteiger partial charge in [-0.1, -0.05) is 66.7 Å². The summed E-state index contributed by atoms with van der Waals surface area (Å²) in [6.45, 7) is 2.49. The van der Waals surface area contributed by atoms with Crippen LogP contribution in [0.3, 0.4) is 0 Å². The summed E-state index contributed by atoms with van der Waals surface area (Å²) in [5.41, 5.74) is 3.34. The highest BCUT2D eigenvalue weighted by Crippen LogP contribution is 2.39. The number of rotatable bonds is 3. The Balaban J connectivity index is 1.69. The Morgan fingerprint density at radius 2 is 1.57 bits per heavy atom. The lowest BCUT2D eigenvalue weighted by molar-refractivity contribution is 0.00584. The van der Waals surface area contributed by atoms with Crippen molar-refractivity contribution in [1.29, 1.82) is 5.26 Å². The van der Waals surface area contributed by atoms with Crippen molar-refractivity contribution >= 4 is 11.8 Å². The second-order valence-corrected chi connectivity index (χ2v) is 7.04. The number of nitrogens with zero attached hydrogens (tertiary/aromatic N) is 2. The van der Waals surface area contributed by atoms with Gasteiger partial charge in [0.2, 0.25) is 0 Å². The van der Waals surface area contributed by atoms with E-state index in [9.17, 15) is 10.1 Å². The number of nitriles is 1. The average molecular weight is 368 g/mol. The van der Waals surface area contributed by atoms with Gasteiger partial charge in [-0.05, 0) is 24.6 Å². The Morgan fingerprint density at radius 1 is 0.929 bits per heavy atom. The topological polar surface area (TPSA) is 53.3 Å². The van der Waals surface area contributed by atoms with Crippen LogP contribution in [0.5, 0.6) is 0 Å². The Labute approximate surface area is 164 Å². The summed E-state index contributed by atoms with van der Waals surface area (Å²) >= 11 is 0. The third-order valence-corrected chi connectivity index (χ3v) is 5.26. The minimum Gasteiger partial charge on any atom is -0.438 e. The second kappa shape index (κ2) is 7.21. The SMILES string of the molecule is CC1(c2ccccc2)CCN(c2ccccc2-c2ccccc2C#N)C(=O)O1. The maximum absolute atomic E-state index is 13.0. The monoisotopic (exact) mass is 368 g/mol. The molecule has 1 aliphatic rings. The smallest absolute Gasteiger partial charge is 0.415 e. The molecule has 1 saturated heterocycles. The van der Waals surface area contributed by atoms with Crippen LogP contribution in [0.2, 0.25) is 0 Å². The third kappa shape index (κ3) is 3.12. The lowest BCUT2D eigenvalue weighted by atomic mass is 9.90. The molecule has 4 nitrogen and oxygen atoms in total. The molecule has 0 N–H and O–H groups in total. The van der Waals surface area contributed by atoms with Gasteiger partial charge < -0.3 is 4.74 Å². The number of hydrogen-bond donors (Lipinski definition) is 0. The molecule has 1 fully saturated rings. The zero-order valence-electron chi connectivity index (χ0n) is 15.6. The highest BCUT2D eigenvalue weighted by molar-refractivity contribution is 5.95. The summed E-state index contributed by atoms with van der Waals surface area (Å²) in [5.74, 6) is 0. The van der Waals surface area contributed by atoms with E-state index < -0.39 is 5.60 Å². The molecule has 0 bridgehead atoms. The van der Waals surface area contributed by atoms with E-state index in [0.29, 0.717) is 18.5 Å². The fourth-order valence-electron chi connectivity index (χ4n) is 3.68. The maximum atomic E-state index is 13.0. The van der Waals surface area contributed by atoms with Gasteiger partial charge in [0.25, 0.3) is 0 Å². The van der Waals surface area contributed by atoms with Gasteiger partial charge in [-0.3, -0.25) is 4.90 Å². The van der Waals surface area contributed by atoms with E-state index in [1.165, 1.54) is 0 Å². The number of hydrogen-bond acceptors (Lipinski definition) is 3. The molecule has 0 radical (unpaired) electrons. The first-order chi connectivity index (χ1) is 13.6. The van der Waals surface area contributed by atoms with Crippen LogP contribution < -0.4 is 4.90 Å². The van der Waals surface area contributed by atoms with Crippen molar-refractivity contribution in [1.82, 2.24) is 0 Å². The van der Waals surface area contributed by atoms with E-state index >= 15 is 0 Å². The van der Waals surface area contributed by atoms with Crippen molar-refractivity contribution in [3.8, 4) is 17.2 Å². The highest BCUT2D eigenvalue weighted by Gasteiger charge is 2.39. The molecule has 0 aromatic heterocycles. The summed E-state index contributed by atoms with van der Waals surface area (Å²) in [7, 11) is 0. The van der Waals surface area contributed by atoms with Gasteiger partial charge in [0.05, 0.1) is 17.3 Å². The van der Waals surface area contributed by atoms with E-state index in [1.807, 2.05) is 79.7 Å². The van der Waals surface area contributed by atoms with E-state index in [0.717, 1.165) is 22.4 Å². The molecule has 3 aromatic carbocycles. The van der Waals surface area contributed by atoms with Crippen LogP contribution in [-0.4, -0.2) is 12.6 Å². The molecule has 3 aromatic rings. The molecule has 0 aliphatic carbocycles. The van der Waals surface area contributed by atoms with Crippen molar-refractivity contribution < 1.29 is 9.53 Å². The molecule has 4 heteroatoms. The van der Waals surface area contributed by atoms with Crippen LogP contribution in [0, 0.1) is 11.3 Å². The summed E-state index contributed by atoms with van der Waals surface area (Å²) in [6, 6.07) is 27.1. The lowest BCUT2D eigenvalue weighted by Gasteiger charge is -2.39. The van der Waals surface area contributed by atoms with Crippen molar-refractivity contribution in [3.63, 3.8) is 0 Å². The molecule has 1 aliphatic heterocycles. The van der Waals surface area contributed by atoms with Crippen LogP contribution in [0.4, 0.5) is 10.5 Å². The number of carbonyl (C=O) groups is 1. The molecule has 1 heterocycles. The summed E-state index contributed by atoms with van der Waals surface area (Å²) in [6.07, 6.45) is 0.302. The van der Waals surface area contributed by atoms with Crippen molar-refractivity contribution in [3.05, 3.63) is 90.0 Å². The number of anilines is 1. The van der Waals surface area contributed by atoms with Gasteiger partial charge in [-0.25, -0.2) is 4.79 Å². The first-order valence-electron chi connectivity index (χ1n) is 9.27. The number of benzene rings is 3. The minimum absolute atomic E-state index is 0.375. The minimum atomic E-state index is -0.644. The van der Waals surface area contributed by atoms with E-state index in [2.05, 4.69) is 6.07 Å². The van der Waals surface area contributed by atoms with Gasteiger partial charge in [0, 0.05) is 24.1 Å². The highest BCUT2D eigenvalue weighted by atomic mass is 16.6. The molecule has 4 rings (SSSR count). The normalized spacial score (nSPS) is 19.0. The Bertz CT molecular complexity index is 1060. The molecule has 0 saturated carbocycles. The fraction of sp³-hybridized carbons (Fsp3) is 0.167. The Hall–Kier alpha value is -3.58. The van der Waals surface area contributed by atoms with Gasteiger partial charge in [0.1, 0.15) is 5.60 Å². The van der Waals surface area contributed by atoms with E-state index in [4.69, 9.17) is 4.74 Å². The molecular formula is C24H20N2O2. The summed E-state index contributed by atoms with van der Waals surface area (Å²) in [5, 5.41) is 9.47. The number of para-hydroxylation sites is 1. The molecule has 1 atom stereocenters. The van der Waals surface area contributed by atoms with Gasteiger partial charge in [0.15, 0.2) is 0 Å². The van der Waals surface area contributed by atoms with Gasteiger partial charge in [-0.15, -0.1) is 0 Å². The van der Waals surface area contributed by atoms with Crippen molar-refractivity contribution in [2.45, 2.75) is 18.9 Å². The Kier molecular flexibility index (Phi) is 4.58. The third-order valence-electron chi connectivity index (χ3n) is 5.26. The zero-order valence-corrected chi connectivity index (χ0v) is 15.6. The number of amides is 1. The first-order valence-corrected chi connectivity index (χ1v) is 9.27. The summed E-state index contributed by atoms with van der Waals surface area (Å²) < 4.78 is 5.90. The van der Waals surface area contributed by atoms with Gasteiger partial charge >= 0.3 is 6.09 Å². The molecule has 138 valence electrons. The van der Waals surface area contributed by atoms with Gasteiger partial charge in [-0.2, -0.15) is 5.26 Å². The fourth-order valence-corrected chi connectivity index (χ4v) is 3.68. The number of carbonyl (C=O) groups excluding carboxylic acids is 1. The first kappa shape index (κ1) is 17.8. The molecular weight excluding hydrogens is 348 g/mol. The Morgan fingerprint density at radius 3 is 2.29 bits per heavy atom. The van der Waals surface area contributed by atoms with Crippen LogP contribution in [0.15, 0.2) is 78.9 Å². The maximum Gasteiger partial charge on any atom is 0.415 e. The quantitative estimate of drug-likeness (QED) is 0.614. The second-order valence-electron chi connectivity index (χ2n) is 7.04. The standard InChI is InChI=1S/C24H20N2O2/c1-24(19-10-3-2-4-11-19)15-16-26(23(27)28-24)22-14-8-7-13-21(22)20-12-6-5-9-18(20)17-25/h2-14H,15-16H2,1H3. The van der Waals surface area contributed by atoms with Crippen LogP contribution in [0.25, 0.3) is 11.1 Å². The predicted molar refractivity (Wildman–Crippen MR) is 109 cm³/mol. The van der Waals surface area contributed by atoms with Crippen LogP contribution in [0.1, 0.15) is 24.5 Å². The van der Waals surface area contributed by atoms with Crippen molar-refractivity contribution in [2.24, 2.45) is 0 Å². The van der Waals surface area contributed by atoms with Crippen LogP contribution >= 0.6 is 0 Å². The van der Waals surface area contributed by atoms with E-state index in [1.54, 1.807) is 11.0 Å². The largest absolute Gasteiger partial charge is 0.438 e. The molecule has 1 unspecified atom stereocenters. The summed E-state index contributed by atoms with van der Waals surface area (Å²) in [4.78, 5) is 14.6.